The van der Waals surface area contributed by atoms with Crippen LogP contribution in [0.25, 0.3) is 0 Å². The van der Waals surface area contributed by atoms with Gasteiger partial charge in [0.2, 0.25) is 21.8 Å². The summed E-state index contributed by atoms with van der Waals surface area (Å²) in [6, 6.07) is 14.0. The van der Waals surface area contributed by atoms with Crippen molar-refractivity contribution in [3.63, 3.8) is 0 Å². The van der Waals surface area contributed by atoms with Crippen molar-refractivity contribution in [1.29, 1.82) is 0 Å². The summed E-state index contributed by atoms with van der Waals surface area (Å²) in [6.45, 7) is 3.39. The van der Waals surface area contributed by atoms with Crippen molar-refractivity contribution in [3.05, 3.63) is 64.7 Å². The molecule has 2 aromatic rings. The van der Waals surface area contributed by atoms with Gasteiger partial charge in [0, 0.05) is 17.6 Å². The van der Waals surface area contributed by atoms with E-state index in [1.807, 2.05) is 37.3 Å². The molecule has 2 aromatic carbocycles. The van der Waals surface area contributed by atoms with E-state index in [9.17, 15) is 18.0 Å². The molecule has 0 unspecified atom stereocenters. The maximum atomic E-state index is 13.6. The maximum absolute atomic E-state index is 13.6. The highest BCUT2D eigenvalue weighted by atomic mass is 35.5. The molecule has 0 saturated heterocycles. The van der Waals surface area contributed by atoms with Gasteiger partial charge < -0.3 is 10.2 Å². The van der Waals surface area contributed by atoms with Crippen LogP contribution in [0.5, 0.6) is 0 Å². The highest BCUT2D eigenvalue weighted by molar-refractivity contribution is 7.92. The number of benzene rings is 2. The van der Waals surface area contributed by atoms with Crippen LogP contribution in [-0.2, 0) is 26.0 Å². The first-order chi connectivity index (χ1) is 17.1. The summed E-state index contributed by atoms with van der Waals surface area (Å²) >= 11 is 6.24. The molecule has 9 heteroatoms. The summed E-state index contributed by atoms with van der Waals surface area (Å²) < 4.78 is 26.4. The van der Waals surface area contributed by atoms with Gasteiger partial charge in [-0.25, -0.2) is 8.42 Å². The molecule has 0 aromatic heterocycles. The quantitative estimate of drug-likeness (QED) is 0.492. The van der Waals surface area contributed by atoms with Crippen molar-refractivity contribution in [1.82, 2.24) is 10.2 Å². The third kappa shape index (κ3) is 7.71. The Balaban J connectivity index is 1.82. The molecular formula is C27H36ClN3O4S. The highest BCUT2D eigenvalue weighted by Crippen LogP contribution is 2.25. The van der Waals surface area contributed by atoms with E-state index in [-0.39, 0.29) is 18.5 Å². The molecule has 1 aliphatic rings. The minimum absolute atomic E-state index is 0.113. The van der Waals surface area contributed by atoms with Crippen molar-refractivity contribution in [3.8, 4) is 0 Å². The Labute approximate surface area is 219 Å². The summed E-state index contributed by atoms with van der Waals surface area (Å²) in [5.74, 6) is -0.660. The molecular weight excluding hydrogens is 498 g/mol. The molecule has 196 valence electrons. The van der Waals surface area contributed by atoms with Crippen LogP contribution in [0.1, 0.15) is 50.2 Å². The Morgan fingerprint density at radius 3 is 2.36 bits per heavy atom. The monoisotopic (exact) mass is 533 g/mol. The van der Waals surface area contributed by atoms with E-state index < -0.39 is 28.5 Å². The minimum atomic E-state index is -3.79. The van der Waals surface area contributed by atoms with Crippen LogP contribution in [0.3, 0.4) is 0 Å². The minimum Gasteiger partial charge on any atom is -0.352 e. The molecule has 1 fully saturated rings. The second kappa shape index (κ2) is 12.6. The van der Waals surface area contributed by atoms with Crippen LogP contribution in [0.4, 0.5) is 5.69 Å². The van der Waals surface area contributed by atoms with Crippen LogP contribution >= 0.6 is 11.6 Å². The molecule has 7 nitrogen and oxygen atoms in total. The molecule has 1 atom stereocenters. The second-order valence-corrected chi connectivity index (χ2v) is 11.9. The van der Waals surface area contributed by atoms with E-state index in [1.54, 1.807) is 25.1 Å². The Morgan fingerprint density at radius 1 is 1.08 bits per heavy atom. The van der Waals surface area contributed by atoms with Gasteiger partial charge in [-0.05, 0) is 56.4 Å². The maximum Gasteiger partial charge on any atom is 0.244 e. The average Bonchev–Trinajstić information content (AvgIpc) is 2.85. The van der Waals surface area contributed by atoms with Gasteiger partial charge in [0.1, 0.15) is 12.6 Å². The fraction of sp³-hybridized carbons (Fsp3) is 0.481. The summed E-state index contributed by atoms with van der Waals surface area (Å²) in [6.07, 6.45) is 6.81. The summed E-state index contributed by atoms with van der Waals surface area (Å²) in [5, 5.41) is 3.51. The SMILES string of the molecule is Cc1ccc(N(CC(=O)N(CCc2ccccc2)[C@@H](C)C(=O)NC2CCCCC2)S(C)(=O)=O)cc1Cl. The van der Waals surface area contributed by atoms with E-state index in [0.29, 0.717) is 17.1 Å². The molecule has 3 rings (SSSR count). The Hall–Kier alpha value is -2.58. The number of anilines is 1. The van der Waals surface area contributed by atoms with E-state index in [1.165, 1.54) is 11.3 Å². The number of nitrogens with one attached hydrogen (secondary N) is 1. The number of sulfonamides is 1. The first-order valence-electron chi connectivity index (χ1n) is 12.4. The number of aryl methyl sites for hydroxylation is 1. The number of amides is 2. The highest BCUT2D eigenvalue weighted by Gasteiger charge is 2.31. The zero-order valence-corrected chi connectivity index (χ0v) is 22.8. The van der Waals surface area contributed by atoms with Gasteiger partial charge in [-0.2, -0.15) is 0 Å². The number of nitrogens with zero attached hydrogens (tertiary/aromatic N) is 2. The fourth-order valence-electron chi connectivity index (χ4n) is 4.49. The van der Waals surface area contributed by atoms with Crippen LogP contribution in [0, 0.1) is 6.92 Å². The summed E-state index contributed by atoms with van der Waals surface area (Å²) in [4.78, 5) is 28.2. The van der Waals surface area contributed by atoms with Crippen LogP contribution in [0.15, 0.2) is 48.5 Å². The van der Waals surface area contributed by atoms with Crippen molar-refractivity contribution in [2.45, 2.75) is 64.5 Å². The number of carbonyl (C=O) groups is 2. The van der Waals surface area contributed by atoms with Crippen molar-refractivity contribution in [2.24, 2.45) is 0 Å². The topological polar surface area (TPSA) is 86.8 Å². The van der Waals surface area contributed by atoms with Crippen molar-refractivity contribution >= 4 is 39.1 Å². The molecule has 0 radical (unpaired) electrons. The predicted molar refractivity (Wildman–Crippen MR) is 145 cm³/mol. The zero-order valence-electron chi connectivity index (χ0n) is 21.2. The summed E-state index contributed by atoms with van der Waals surface area (Å²) in [7, 11) is -3.79. The van der Waals surface area contributed by atoms with E-state index >= 15 is 0 Å². The third-order valence-electron chi connectivity index (χ3n) is 6.73. The predicted octanol–water partition coefficient (Wildman–Crippen LogP) is 4.32. The van der Waals surface area contributed by atoms with Crippen LogP contribution in [0.2, 0.25) is 5.02 Å². The zero-order chi connectivity index (χ0) is 26.3. The normalized spacial score (nSPS) is 15.2. The molecule has 0 aliphatic heterocycles. The largest absolute Gasteiger partial charge is 0.352 e. The average molecular weight is 534 g/mol. The molecule has 36 heavy (non-hydrogen) atoms. The number of hydrogen-bond acceptors (Lipinski definition) is 4. The molecule has 2 amide bonds. The third-order valence-corrected chi connectivity index (χ3v) is 8.27. The lowest BCUT2D eigenvalue weighted by molar-refractivity contribution is -0.139. The number of carbonyl (C=O) groups excluding carboxylic acids is 2. The van der Waals surface area contributed by atoms with E-state index in [4.69, 9.17) is 11.6 Å². The Bertz CT molecular complexity index is 1150. The molecule has 0 spiro atoms. The first kappa shape index (κ1) is 28.0. The van der Waals surface area contributed by atoms with E-state index in [2.05, 4.69) is 5.32 Å². The van der Waals surface area contributed by atoms with Gasteiger partial charge in [0.05, 0.1) is 11.9 Å². The molecule has 0 heterocycles. The number of hydrogen-bond donors (Lipinski definition) is 1. The summed E-state index contributed by atoms with van der Waals surface area (Å²) in [5.41, 5.74) is 2.14. The van der Waals surface area contributed by atoms with Gasteiger partial charge in [-0.15, -0.1) is 0 Å². The molecule has 1 aliphatic carbocycles. The lowest BCUT2D eigenvalue weighted by Crippen LogP contribution is -2.53. The standard InChI is InChI=1S/C27H36ClN3O4S/c1-20-14-15-24(18-25(20)28)31(36(3,34)35)19-26(32)30(17-16-22-10-6-4-7-11-22)21(2)27(33)29-23-12-8-5-9-13-23/h4,6-7,10-11,14-15,18,21,23H,5,8-9,12-13,16-17,19H2,1-3H3,(H,29,33)/t21-/m0/s1. The van der Waals surface area contributed by atoms with Crippen LogP contribution in [-0.4, -0.2) is 56.6 Å². The van der Waals surface area contributed by atoms with Gasteiger partial charge in [0.15, 0.2) is 0 Å². The van der Waals surface area contributed by atoms with Crippen LogP contribution < -0.4 is 9.62 Å². The van der Waals surface area contributed by atoms with E-state index in [0.717, 1.165) is 47.4 Å². The van der Waals surface area contributed by atoms with Gasteiger partial charge in [-0.1, -0.05) is 67.3 Å². The molecule has 1 saturated carbocycles. The Morgan fingerprint density at radius 2 is 1.75 bits per heavy atom. The van der Waals surface area contributed by atoms with Crippen molar-refractivity contribution in [2.75, 3.05) is 23.7 Å². The molecule has 0 bridgehead atoms. The lowest BCUT2D eigenvalue weighted by Gasteiger charge is -2.33. The number of rotatable bonds is 10. The molecule has 1 N–H and O–H groups in total. The fourth-order valence-corrected chi connectivity index (χ4v) is 5.51. The second-order valence-electron chi connectivity index (χ2n) is 9.55. The van der Waals surface area contributed by atoms with Gasteiger partial charge >= 0.3 is 0 Å². The number of halogens is 1. The Kier molecular flexibility index (Phi) is 9.79. The smallest absolute Gasteiger partial charge is 0.244 e. The lowest BCUT2D eigenvalue weighted by atomic mass is 9.95. The van der Waals surface area contributed by atoms with Gasteiger partial charge in [0.25, 0.3) is 0 Å². The first-order valence-corrected chi connectivity index (χ1v) is 14.7. The van der Waals surface area contributed by atoms with Crippen molar-refractivity contribution < 1.29 is 18.0 Å². The van der Waals surface area contributed by atoms with Gasteiger partial charge in [-0.3, -0.25) is 13.9 Å².